The molecule has 0 radical (unpaired) electrons. The maximum absolute atomic E-state index is 16.5. The summed E-state index contributed by atoms with van der Waals surface area (Å²) in [6.07, 6.45) is -14.9. The highest BCUT2D eigenvalue weighted by Gasteiger charge is 2.53. The molecule has 40 nitrogen and oxygen atoms in total. The number of benzene rings is 4. The molecule has 4 aromatic carbocycles. The van der Waals surface area contributed by atoms with Gasteiger partial charge in [-0.25, -0.2) is 50.9 Å². The number of nitrogen functional groups attached to an aromatic ring is 1. The lowest BCUT2D eigenvalue weighted by Gasteiger charge is -2.43. The van der Waals surface area contributed by atoms with Gasteiger partial charge in [0.2, 0.25) is 0 Å². The van der Waals surface area contributed by atoms with Gasteiger partial charge in [0.1, 0.15) is 52.5 Å². The number of phosphoric ester groups is 2. The summed E-state index contributed by atoms with van der Waals surface area (Å²) < 4.78 is 156. The van der Waals surface area contributed by atoms with E-state index in [2.05, 4.69) is 21.0 Å². The number of alkyl halides is 3. The molecule has 139 heavy (non-hydrogen) atoms. The molecule has 0 aliphatic carbocycles. The van der Waals surface area contributed by atoms with Gasteiger partial charge in [-0.3, -0.25) is 50.7 Å². The summed E-state index contributed by atoms with van der Waals surface area (Å²) in [5, 5.41) is 60.4. The Morgan fingerprint density at radius 2 is 0.957 bits per heavy atom. The van der Waals surface area contributed by atoms with E-state index >= 15 is 8.78 Å². The predicted molar refractivity (Wildman–Crippen MR) is 499 cm³/mol. The van der Waals surface area contributed by atoms with Crippen LogP contribution in [-0.2, 0) is 91.6 Å². The lowest BCUT2D eigenvalue weighted by Crippen LogP contribution is -2.59. The molecule has 756 valence electrons. The molecule has 7 aromatic rings. The van der Waals surface area contributed by atoms with Crippen LogP contribution in [0.1, 0.15) is 144 Å². The summed E-state index contributed by atoms with van der Waals surface area (Å²) in [7, 11) is -10.8. The second kappa shape index (κ2) is 54.0. The van der Waals surface area contributed by atoms with Crippen molar-refractivity contribution in [2.24, 2.45) is 11.8 Å². The van der Waals surface area contributed by atoms with Gasteiger partial charge in [-0.15, -0.1) is 35.3 Å². The Balaban J connectivity index is 0.000000222. The number of carbonyl (C=O) groups is 5. The minimum Gasteiger partial charge on any atom is -0.457 e. The number of ether oxygens (including phenoxy) is 7. The molecule has 49 heteroatoms. The SMILES string of the molecule is CC(C)N(C(C)C)P(OCCC#N)OC[C@H]1S[C@@H](n2ccc(CC(=O)c3ccccc3)nc2=O)[C@@H](F)[C@@H]1OC(=O)c1ccccc1.CCC1O[C@@H](OCCOP(=O)(OCCC#N)OC[C@H]2S[C@@H](n3ccc(CC(=O)c4ccccc4)nc3=O)[C@@H](F)[C@@H]2OC(=O)c2ccccc2)C(OC(C)=O)[C@@H](C)[C@@H]1C.Nc1ccn([C@@H]2S[C@H](COP(=O)(O)OCCO[C@@H]3OC(CO)[C@@H](O)[C@H](O)C3O)[C@@H](O)[C@@H]2F)c(=O)n1. The van der Waals surface area contributed by atoms with E-state index in [9.17, 15) is 77.2 Å². The van der Waals surface area contributed by atoms with Gasteiger partial charge in [0.15, 0.2) is 61.0 Å². The summed E-state index contributed by atoms with van der Waals surface area (Å²) in [6, 6.07) is 41.7. The number of aliphatic hydroxyl groups excluding tert-OH is 5. The van der Waals surface area contributed by atoms with E-state index in [1.807, 2.05) is 59.2 Å². The summed E-state index contributed by atoms with van der Waals surface area (Å²) in [6.45, 7) is 11.7. The van der Waals surface area contributed by atoms with Gasteiger partial charge in [-0.2, -0.15) is 25.5 Å². The van der Waals surface area contributed by atoms with Crippen molar-refractivity contribution in [1.82, 2.24) is 33.3 Å². The van der Waals surface area contributed by atoms with Crippen LogP contribution in [0.15, 0.2) is 173 Å². The molecule has 0 saturated carbocycles. The average molecular weight is 2060 g/mol. The fourth-order valence-corrected chi connectivity index (χ4v) is 23.2. The van der Waals surface area contributed by atoms with E-state index in [-0.39, 0.29) is 129 Å². The monoisotopic (exact) mass is 2060 g/mol. The number of hydrogen-bond donors (Lipinski definition) is 7. The van der Waals surface area contributed by atoms with Crippen molar-refractivity contribution in [1.29, 1.82) is 10.5 Å². The summed E-state index contributed by atoms with van der Waals surface area (Å²) in [5.41, 5.74) is 4.83. The van der Waals surface area contributed by atoms with Crippen LogP contribution in [0.2, 0.25) is 0 Å². The Morgan fingerprint density at radius 3 is 1.43 bits per heavy atom. The quantitative estimate of drug-likeness (QED) is 0.00614. The Hall–Kier alpha value is -8.94. The Kier molecular flexibility index (Phi) is 43.5. The largest absolute Gasteiger partial charge is 0.474 e. The number of carbonyl (C=O) groups excluding carboxylic acids is 5. The van der Waals surface area contributed by atoms with Crippen LogP contribution < -0.4 is 22.8 Å². The van der Waals surface area contributed by atoms with Crippen LogP contribution in [0.4, 0.5) is 19.0 Å². The number of esters is 3. The zero-order chi connectivity index (χ0) is 101. The normalized spacial score (nSPS) is 27.2. The molecule has 25 atom stereocenters. The first-order valence-electron chi connectivity index (χ1n) is 44.2. The molecule has 8 N–H and O–H groups in total. The zero-order valence-electron chi connectivity index (χ0n) is 76.8. The van der Waals surface area contributed by atoms with E-state index in [0.29, 0.717) is 17.5 Å². The number of nitriles is 2. The van der Waals surface area contributed by atoms with Gasteiger partial charge >= 0.3 is 50.6 Å². The minimum atomic E-state index is -4.68. The number of aliphatic hydroxyl groups is 5. The fourth-order valence-electron chi connectivity index (χ4n) is 15.1. The third-order valence-corrected chi connectivity index (χ3v) is 31.3. The molecule has 5 saturated heterocycles. The molecule has 5 fully saturated rings. The molecule has 5 aliphatic heterocycles. The molecule has 12 rings (SSSR count). The maximum atomic E-state index is 16.5. The van der Waals surface area contributed by atoms with E-state index in [1.54, 1.807) is 109 Å². The van der Waals surface area contributed by atoms with Crippen molar-refractivity contribution in [3.05, 3.63) is 223 Å². The molecule has 0 bridgehead atoms. The highest BCUT2D eigenvalue weighted by Crippen LogP contribution is 2.55. The predicted octanol–water partition coefficient (Wildman–Crippen LogP) is 9.50. The van der Waals surface area contributed by atoms with Gasteiger partial charge in [0.05, 0.1) is 148 Å². The molecule has 7 unspecified atom stereocenters. The van der Waals surface area contributed by atoms with Gasteiger partial charge in [-0.1, -0.05) is 118 Å². The van der Waals surface area contributed by atoms with Gasteiger partial charge < -0.3 is 78.4 Å². The van der Waals surface area contributed by atoms with Crippen LogP contribution in [-0.4, -0.2) is 273 Å². The van der Waals surface area contributed by atoms with E-state index in [1.165, 1.54) is 55.8 Å². The van der Waals surface area contributed by atoms with Crippen molar-refractivity contribution >= 4 is 94.7 Å². The molecule has 3 aromatic heterocycles. The zero-order valence-corrected chi connectivity index (χ0v) is 81.9. The minimum absolute atomic E-state index is 0.0473. The standard InChI is InChI=1S/C40H47FN3O12PS.C33H38FN4O6PS.C17H27FN3O12PS/c1-5-32-25(2)26(3)35(54-27(4)45)39(55-32)50-21-22-52-57(49,51-20-12-18-42)53-24-33-36(56-38(47)29-15-10-7-11-16-29)34(41)37(58-33)44-19-17-30(43-40(44)48)23-31(46)28-13-8-6-9-14-28;1-22(2)38(23(3)4)45(42-19-11-17-35)43-21-28-30(44-32(40)25-14-9-6-10-15-25)29(34)31(46-28)37-18-16-26(36-33(37)41)20-27(39)24-12-7-5-8-13-24;18-10-12(24)8(35-15(10)21-2-1-9(19)20-17(21)27)6-32-34(28,29)31-4-3-30-16-14(26)13(25)11(23)7(5-22)33-16/h6-11,13-17,19,25-26,32-37,39H,5,12,20-24H2,1-4H3;5-10,12-16,18,22-23,28-31H,11,19-21H2,1-4H3;1-2,7-8,10-16,22-26H,3-6H2,(H,28,29)(H2,19,20,27)/t25-,26-,32?,33+,34-,35?,36+,37+,39+,57?;28-,29+,30-,31-,45?;7?,8-,10+,11-,12-,13+,14?,15-,16-/m011/s1. The second-order valence-corrected chi connectivity index (χ2v) is 41.3. The smallest absolute Gasteiger partial charge is 0.457 e. The number of thioether (sulfide) groups is 3. The second-order valence-electron chi connectivity index (χ2n) is 32.6. The van der Waals surface area contributed by atoms with Gasteiger partial charge in [0, 0.05) is 54.6 Å². The summed E-state index contributed by atoms with van der Waals surface area (Å²) in [4.78, 5) is 123. The van der Waals surface area contributed by atoms with Crippen LogP contribution in [0.5, 0.6) is 0 Å². The Bertz CT molecular complexity index is 5540. The van der Waals surface area contributed by atoms with Gasteiger partial charge in [0.25, 0.3) is 8.53 Å². The van der Waals surface area contributed by atoms with E-state index in [4.69, 9.17) is 86.2 Å². The fraction of sp³-hybridized carbons (Fsp3) is 0.522. The average Bonchev–Trinajstić information content (AvgIpc) is 1.66. The number of nitrogens with two attached hydrogens (primary N) is 1. The number of aromatic nitrogens is 6. The third-order valence-electron chi connectivity index (χ3n) is 22.2. The van der Waals surface area contributed by atoms with E-state index in [0.717, 1.165) is 49.0 Å². The first kappa shape index (κ1) is 112. The first-order valence-corrected chi connectivity index (χ1v) is 51.2. The number of anilines is 1. The number of phosphoric acid groups is 2. The lowest BCUT2D eigenvalue weighted by molar-refractivity contribution is -0.301. The molecule has 0 spiro atoms. The number of ketones is 2. The lowest BCUT2D eigenvalue weighted by atomic mass is 9.82. The van der Waals surface area contributed by atoms with Crippen LogP contribution in [0, 0.1) is 34.5 Å². The number of rotatable bonds is 44. The van der Waals surface area contributed by atoms with Crippen molar-refractivity contribution in [3.63, 3.8) is 0 Å². The topological polar surface area (TPSA) is 552 Å². The molecule has 0 amide bonds. The van der Waals surface area contributed by atoms with Gasteiger partial charge in [-0.05, 0) is 82.5 Å². The molecular formula is C90H112F3N10O30P3S3. The van der Waals surface area contributed by atoms with Crippen LogP contribution in [0.25, 0.3) is 0 Å². The number of nitrogens with zero attached hydrogens (tertiary/aromatic N) is 9. The Labute approximate surface area is 812 Å². The van der Waals surface area contributed by atoms with E-state index < -0.39 is 204 Å². The highest BCUT2D eigenvalue weighted by atomic mass is 32.2. The number of hydrogen-bond acceptors (Lipinski definition) is 39. The highest BCUT2D eigenvalue weighted by molar-refractivity contribution is 8.00. The number of Topliss-reactive ketones (excluding diaryl/α,β-unsaturated/α-hetero) is 2. The molecule has 8 heterocycles. The van der Waals surface area contributed by atoms with Crippen molar-refractivity contribution in [3.8, 4) is 12.1 Å². The van der Waals surface area contributed by atoms with Crippen LogP contribution in [0.3, 0.4) is 0 Å². The van der Waals surface area contributed by atoms with Crippen LogP contribution >= 0.6 is 59.5 Å². The molecular weight excluding hydrogens is 1950 g/mol. The van der Waals surface area contributed by atoms with Crippen molar-refractivity contribution < 1.29 is 142 Å². The molecule has 5 aliphatic rings. The first-order chi connectivity index (χ1) is 66.4. The van der Waals surface area contributed by atoms with Crippen molar-refractivity contribution in [2.45, 2.75) is 217 Å². The summed E-state index contributed by atoms with van der Waals surface area (Å²) >= 11 is 2.79. The Morgan fingerprint density at radius 1 is 0.518 bits per heavy atom. The van der Waals surface area contributed by atoms with Crippen molar-refractivity contribution in [2.75, 3.05) is 71.8 Å². The maximum Gasteiger partial charge on any atom is 0.474 e. The number of halogens is 3. The third kappa shape index (κ3) is 31.3. The summed E-state index contributed by atoms with van der Waals surface area (Å²) in [5.74, 6) is -2.57.